The molecule has 3 aromatic heterocycles. The quantitative estimate of drug-likeness (QED) is 0.322. The third kappa shape index (κ3) is 4.96. The smallest absolute Gasteiger partial charge is 0.273 e. The minimum absolute atomic E-state index is 0.213. The normalized spacial score (nSPS) is 11.3. The molecule has 0 saturated carbocycles. The minimum atomic E-state index is -0.213. The van der Waals surface area contributed by atoms with Crippen LogP contribution in [0.15, 0.2) is 72.9 Å². The van der Waals surface area contributed by atoms with Crippen molar-refractivity contribution >= 4 is 34.6 Å². The molecule has 1 amide bonds. The standard InChI is InChI=1S/C27H24N6O2/c1-3-33-26(15-18(2)32-33)27(34)29-20-8-6-9-21(16-20)35-22-11-12-23-24(30-31-25(23)17-22)13-10-19-7-4-5-14-28-19/h4-17H,3H2,1-2H3,(H,29,34)(H,30,31). The van der Waals surface area contributed by atoms with Gasteiger partial charge in [0.2, 0.25) is 0 Å². The van der Waals surface area contributed by atoms with E-state index in [1.807, 2.05) is 80.6 Å². The van der Waals surface area contributed by atoms with Gasteiger partial charge in [0.05, 0.1) is 22.6 Å². The Hall–Kier alpha value is -4.72. The van der Waals surface area contributed by atoms with Crippen molar-refractivity contribution in [2.24, 2.45) is 0 Å². The van der Waals surface area contributed by atoms with E-state index in [-0.39, 0.29) is 5.91 Å². The summed E-state index contributed by atoms with van der Waals surface area (Å²) in [7, 11) is 0. The number of aromatic amines is 1. The van der Waals surface area contributed by atoms with E-state index in [1.54, 1.807) is 23.0 Å². The summed E-state index contributed by atoms with van der Waals surface area (Å²) < 4.78 is 7.74. The molecule has 0 bridgehead atoms. The summed E-state index contributed by atoms with van der Waals surface area (Å²) in [4.78, 5) is 17.0. The predicted molar refractivity (Wildman–Crippen MR) is 136 cm³/mol. The van der Waals surface area contributed by atoms with Crippen LogP contribution in [0, 0.1) is 6.92 Å². The Bertz CT molecular complexity index is 1520. The summed E-state index contributed by atoms with van der Waals surface area (Å²) in [6.07, 6.45) is 5.61. The Morgan fingerprint density at radius 1 is 1.06 bits per heavy atom. The van der Waals surface area contributed by atoms with Crippen LogP contribution in [0.25, 0.3) is 23.1 Å². The summed E-state index contributed by atoms with van der Waals surface area (Å²) in [6, 6.07) is 20.6. The van der Waals surface area contributed by atoms with Gasteiger partial charge < -0.3 is 10.1 Å². The summed E-state index contributed by atoms with van der Waals surface area (Å²) in [5.41, 5.74) is 4.51. The molecule has 5 rings (SSSR count). The first-order chi connectivity index (χ1) is 17.1. The van der Waals surface area contributed by atoms with E-state index in [0.29, 0.717) is 29.4 Å². The molecule has 8 nitrogen and oxygen atoms in total. The highest BCUT2D eigenvalue weighted by atomic mass is 16.5. The Labute approximate surface area is 202 Å². The molecule has 174 valence electrons. The van der Waals surface area contributed by atoms with Crippen LogP contribution in [0.4, 0.5) is 5.69 Å². The average molecular weight is 465 g/mol. The number of carbonyl (C=O) groups excluding carboxylic acids is 1. The Morgan fingerprint density at radius 3 is 2.77 bits per heavy atom. The first-order valence-corrected chi connectivity index (χ1v) is 11.3. The van der Waals surface area contributed by atoms with Crippen molar-refractivity contribution in [2.75, 3.05) is 5.32 Å². The lowest BCUT2D eigenvalue weighted by Crippen LogP contribution is -2.17. The molecule has 0 saturated heterocycles. The summed E-state index contributed by atoms with van der Waals surface area (Å²) in [5, 5.41) is 15.7. The minimum Gasteiger partial charge on any atom is -0.457 e. The SMILES string of the molecule is CCn1nc(C)cc1C(=O)Nc1cccc(Oc2ccc3c(C=Cc4ccccn4)n[nH]c3c2)c1. The highest BCUT2D eigenvalue weighted by Crippen LogP contribution is 2.28. The molecule has 0 spiro atoms. The Balaban J connectivity index is 1.31. The largest absolute Gasteiger partial charge is 0.457 e. The maximum Gasteiger partial charge on any atom is 0.273 e. The number of aryl methyl sites for hydroxylation is 2. The van der Waals surface area contributed by atoms with Gasteiger partial charge in [0.25, 0.3) is 5.91 Å². The number of carbonyl (C=O) groups is 1. The van der Waals surface area contributed by atoms with Gasteiger partial charge in [-0.05, 0) is 68.5 Å². The zero-order valence-electron chi connectivity index (χ0n) is 19.4. The molecule has 35 heavy (non-hydrogen) atoms. The van der Waals surface area contributed by atoms with E-state index in [4.69, 9.17) is 4.74 Å². The van der Waals surface area contributed by atoms with Crippen molar-refractivity contribution in [1.82, 2.24) is 25.0 Å². The van der Waals surface area contributed by atoms with Crippen LogP contribution in [0.1, 0.15) is 34.5 Å². The number of rotatable bonds is 7. The van der Waals surface area contributed by atoms with E-state index in [2.05, 4.69) is 25.6 Å². The van der Waals surface area contributed by atoms with Crippen LogP contribution in [0.5, 0.6) is 11.5 Å². The van der Waals surface area contributed by atoms with Gasteiger partial charge in [-0.15, -0.1) is 0 Å². The molecule has 0 fully saturated rings. The van der Waals surface area contributed by atoms with Crippen LogP contribution < -0.4 is 10.1 Å². The molecule has 0 atom stereocenters. The first-order valence-electron chi connectivity index (χ1n) is 11.3. The molecule has 5 aromatic rings. The van der Waals surface area contributed by atoms with Gasteiger partial charge in [0, 0.05) is 35.9 Å². The van der Waals surface area contributed by atoms with Crippen molar-refractivity contribution < 1.29 is 9.53 Å². The molecule has 2 aromatic carbocycles. The third-order valence-electron chi connectivity index (χ3n) is 5.43. The zero-order valence-corrected chi connectivity index (χ0v) is 19.4. The second kappa shape index (κ2) is 9.64. The number of nitrogens with one attached hydrogen (secondary N) is 2. The fourth-order valence-corrected chi connectivity index (χ4v) is 3.79. The molecule has 8 heteroatoms. The number of amides is 1. The molecule has 0 aliphatic rings. The van der Waals surface area contributed by atoms with Crippen LogP contribution >= 0.6 is 0 Å². The van der Waals surface area contributed by atoms with Crippen LogP contribution in [0.3, 0.4) is 0 Å². The van der Waals surface area contributed by atoms with E-state index in [1.165, 1.54) is 0 Å². The van der Waals surface area contributed by atoms with Gasteiger partial charge in [-0.1, -0.05) is 12.1 Å². The molecule has 2 N–H and O–H groups in total. The molecular formula is C27H24N6O2. The Kier molecular flexibility index (Phi) is 6.09. The molecule has 0 unspecified atom stereocenters. The van der Waals surface area contributed by atoms with E-state index in [0.717, 1.165) is 28.0 Å². The fourth-order valence-electron chi connectivity index (χ4n) is 3.79. The number of pyridine rings is 1. The molecule has 0 radical (unpaired) electrons. The molecule has 3 heterocycles. The highest BCUT2D eigenvalue weighted by molar-refractivity contribution is 6.03. The number of hydrogen-bond donors (Lipinski definition) is 2. The summed E-state index contributed by atoms with van der Waals surface area (Å²) >= 11 is 0. The summed E-state index contributed by atoms with van der Waals surface area (Å²) in [6.45, 7) is 4.44. The van der Waals surface area contributed by atoms with Gasteiger partial charge in [-0.2, -0.15) is 10.2 Å². The lowest BCUT2D eigenvalue weighted by molar-refractivity contribution is 0.101. The monoisotopic (exact) mass is 464 g/mol. The maximum absolute atomic E-state index is 12.7. The van der Waals surface area contributed by atoms with Gasteiger partial charge in [-0.3, -0.25) is 19.6 Å². The molecule has 0 aliphatic carbocycles. The van der Waals surface area contributed by atoms with Crippen LogP contribution in [-0.4, -0.2) is 30.9 Å². The van der Waals surface area contributed by atoms with Crippen molar-refractivity contribution in [2.45, 2.75) is 20.4 Å². The Morgan fingerprint density at radius 2 is 1.94 bits per heavy atom. The lowest BCUT2D eigenvalue weighted by Gasteiger charge is -2.10. The summed E-state index contributed by atoms with van der Waals surface area (Å²) in [5.74, 6) is 1.05. The molecule has 0 aliphatic heterocycles. The maximum atomic E-state index is 12.7. The second-order valence-corrected chi connectivity index (χ2v) is 7.97. The van der Waals surface area contributed by atoms with Gasteiger partial charge in [-0.25, -0.2) is 0 Å². The van der Waals surface area contributed by atoms with E-state index >= 15 is 0 Å². The van der Waals surface area contributed by atoms with Gasteiger partial charge in [0.15, 0.2) is 0 Å². The second-order valence-electron chi connectivity index (χ2n) is 7.97. The van der Waals surface area contributed by atoms with Crippen LogP contribution in [0.2, 0.25) is 0 Å². The van der Waals surface area contributed by atoms with E-state index in [9.17, 15) is 4.79 Å². The third-order valence-corrected chi connectivity index (χ3v) is 5.43. The zero-order chi connectivity index (χ0) is 24.2. The van der Waals surface area contributed by atoms with Gasteiger partial charge >= 0.3 is 0 Å². The van der Waals surface area contributed by atoms with E-state index < -0.39 is 0 Å². The number of aromatic nitrogens is 5. The lowest BCUT2D eigenvalue weighted by atomic mass is 10.2. The number of nitrogens with zero attached hydrogens (tertiary/aromatic N) is 4. The number of anilines is 1. The van der Waals surface area contributed by atoms with Crippen molar-refractivity contribution in [3.63, 3.8) is 0 Å². The van der Waals surface area contributed by atoms with Crippen LogP contribution in [-0.2, 0) is 6.54 Å². The number of fused-ring (bicyclic) bond motifs is 1. The van der Waals surface area contributed by atoms with Crippen molar-refractivity contribution in [1.29, 1.82) is 0 Å². The fraction of sp³-hybridized carbons (Fsp3) is 0.111. The highest BCUT2D eigenvalue weighted by Gasteiger charge is 2.14. The molecular weight excluding hydrogens is 440 g/mol. The predicted octanol–water partition coefficient (Wildman–Crippen LogP) is 5.70. The van der Waals surface area contributed by atoms with Crippen molar-refractivity contribution in [3.8, 4) is 11.5 Å². The topological polar surface area (TPSA) is 97.7 Å². The number of benzene rings is 2. The van der Waals surface area contributed by atoms with Gasteiger partial charge in [0.1, 0.15) is 17.2 Å². The first kappa shape index (κ1) is 22.1. The number of ether oxygens (including phenoxy) is 1. The average Bonchev–Trinajstić information content (AvgIpc) is 3.46. The van der Waals surface area contributed by atoms with Crippen molar-refractivity contribution in [3.05, 3.63) is 95.7 Å². The number of H-pyrrole nitrogens is 1. The number of hydrogen-bond acceptors (Lipinski definition) is 5.